The molecule has 6 atom stereocenters. The summed E-state index contributed by atoms with van der Waals surface area (Å²) in [5.74, 6) is 2.97. The minimum atomic E-state index is -0.400. The Morgan fingerprint density at radius 1 is 1.11 bits per heavy atom. The average Bonchev–Trinajstić information content (AvgIpc) is 3.67. The third-order valence-corrected chi connectivity index (χ3v) is 11.4. The Morgan fingerprint density at radius 2 is 1.95 bits per heavy atom. The van der Waals surface area contributed by atoms with Gasteiger partial charge in [0.05, 0.1) is 7.11 Å². The third kappa shape index (κ3) is 2.61. The average molecular weight is 501 g/mol. The maximum atomic E-state index is 11.0. The van der Waals surface area contributed by atoms with E-state index in [1.807, 2.05) is 19.2 Å². The fourth-order valence-electron chi connectivity index (χ4n) is 9.81. The Kier molecular flexibility index (Phi) is 4.55. The van der Waals surface area contributed by atoms with Crippen molar-refractivity contribution in [2.24, 2.45) is 11.3 Å². The number of rotatable bonds is 7. The van der Waals surface area contributed by atoms with Crippen LogP contribution in [-0.4, -0.2) is 56.4 Å². The van der Waals surface area contributed by atoms with Crippen LogP contribution in [0.15, 0.2) is 36.4 Å². The molecule has 5 aliphatic carbocycles. The smallest absolute Gasteiger partial charge is 0.211 e. The number of benzene rings is 2. The molecule has 9 rings (SSSR count). The molecule has 2 aromatic rings. The highest BCUT2D eigenvalue weighted by Crippen LogP contribution is 2.78. The molecule has 1 amide bonds. The number of nitrogens with zero attached hydrogens (tertiary/aromatic N) is 1. The first-order chi connectivity index (χ1) is 18.1. The third-order valence-electron chi connectivity index (χ3n) is 11.4. The van der Waals surface area contributed by atoms with Crippen LogP contribution in [0.5, 0.6) is 11.5 Å². The number of piperidine rings is 1. The van der Waals surface area contributed by atoms with E-state index in [9.17, 15) is 4.79 Å². The van der Waals surface area contributed by atoms with E-state index in [0.717, 1.165) is 61.7 Å². The first kappa shape index (κ1) is 22.4. The molecular weight excluding hydrogens is 464 g/mol. The zero-order chi connectivity index (χ0) is 25.0. The molecule has 1 N–H and O–H groups in total. The minimum absolute atomic E-state index is 0.0267. The molecule has 5 fully saturated rings. The van der Waals surface area contributed by atoms with Gasteiger partial charge in [-0.15, -0.1) is 0 Å². The highest BCUT2D eigenvalue weighted by atomic mass is 16.6. The molecule has 2 aromatic carbocycles. The Morgan fingerprint density at radius 3 is 2.68 bits per heavy atom. The van der Waals surface area contributed by atoms with Gasteiger partial charge in [-0.05, 0) is 86.7 Å². The maximum Gasteiger partial charge on any atom is 0.211 e. The summed E-state index contributed by atoms with van der Waals surface area (Å²) in [7, 11) is 3.66. The van der Waals surface area contributed by atoms with E-state index in [2.05, 4.69) is 34.5 Å². The molecule has 7 aliphatic rings. The highest BCUT2D eigenvalue weighted by molar-refractivity contribution is 5.71. The number of hydrogen-bond donors (Lipinski definition) is 1. The molecule has 0 aromatic heterocycles. The summed E-state index contributed by atoms with van der Waals surface area (Å²) in [5.41, 5.74) is 4.75. The van der Waals surface area contributed by atoms with E-state index in [4.69, 9.17) is 14.2 Å². The summed E-state index contributed by atoms with van der Waals surface area (Å²) >= 11 is 0. The minimum Gasteiger partial charge on any atom is -0.493 e. The van der Waals surface area contributed by atoms with Crippen molar-refractivity contribution in [1.29, 1.82) is 0 Å². The van der Waals surface area contributed by atoms with Gasteiger partial charge in [-0.2, -0.15) is 0 Å². The Labute approximate surface area is 218 Å². The molecule has 1 saturated heterocycles. The number of methoxy groups -OCH3 is 2. The molecule has 4 bridgehead atoms. The van der Waals surface area contributed by atoms with Crippen molar-refractivity contribution in [3.05, 3.63) is 53.1 Å². The normalized spacial score (nSPS) is 38.6. The molecule has 194 valence electrons. The number of hydrogen-bond acceptors (Lipinski definition) is 5. The monoisotopic (exact) mass is 500 g/mol. The molecule has 0 unspecified atom stereocenters. The van der Waals surface area contributed by atoms with E-state index < -0.39 is 5.60 Å². The Balaban J connectivity index is 1.33. The second kappa shape index (κ2) is 7.51. The number of carbonyl (C=O) groups excluding carboxylic acids is 1. The predicted molar refractivity (Wildman–Crippen MR) is 140 cm³/mol. The maximum absolute atomic E-state index is 11.0. The summed E-state index contributed by atoms with van der Waals surface area (Å²) in [6, 6.07) is 13.4. The lowest BCUT2D eigenvalue weighted by molar-refractivity contribution is -0.261. The summed E-state index contributed by atoms with van der Waals surface area (Å²) in [6.07, 6.45) is 9.04. The molecular formula is C31H36N2O4. The number of nitrogens with one attached hydrogen (secondary N) is 1. The number of fused-ring (bicyclic) bond motifs is 2. The van der Waals surface area contributed by atoms with Crippen LogP contribution in [0.3, 0.4) is 0 Å². The van der Waals surface area contributed by atoms with Gasteiger partial charge in [-0.25, -0.2) is 0 Å². The van der Waals surface area contributed by atoms with Gasteiger partial charge in [0.1, 0.15) is 11.7 Å². The van der Waals surface area contributed by atoms with Gasteiger partial charge >= 0.3 is 0 Å². The van der Waals surface area contributed by atoms with Crippen LogP contribution in [0.25, 0.3) is 0 Å². The molecule has 2 heterocycles. The van der Waals surface area contributed by atoms with Crippen molar-refractivity contribution < 1.29 is 19.0 Å². The van der Waals surface area contributed by atoms with Crippen LogP contribution in [-0.2, 0) is 21.4 Å². The summed E-state index contributed by atoms with van der Waals surface area (Å²) in [4.78, 5) is 13.9. The number of ether oxygens (including phenoxy) is 3. The van der Waals surface area contributed by atoms with Gasteiger partial charge in [0.15, 0.2) is 11.5 Å². The second-order valence-electron chi connectivity index (χ2n) is 12.5. The molecule has 2 aliphatic heterocycles. The van der Waals surface area contributed by atoms with Crippen LogP contribution in [0.4, 0.5) is 5.69 Å². The van der Waals surface area contributed by atoms with Gasteiger partial charge in [-0.1, -0.05) is 18.2 Å². The van der Waals surface area contributed by atoms with E-state index in [1.54, 1.807) is 7.11 Å². The number of anilines is 1. The van der Waals surface area contributed by atoms with E-state index >= 15 is 0 Å². The number of carbonyl (C=O) groups is 1. The van der Waals surface area contributed by atoms with Gasteiger partial charge in [-0.3, -0.25) is 9.69 Å². The van der Waals surface area contributed by atoms with Crippen molar-refractivity contribution in [2.75, 3.05) is 32.6 Å². The van der Waals surface area contributed by atoms with E-state index in [-0.39, 0.29) is 22.9 Å². The van der Waals surface area contributed by atoms with Gasteiger partial charge in [0.25, 0.3) is 0 Å². The summed E-state index contributed by atoms with van der Waals surface area (Å²) in [5, 5.41) is 2.79. The van der Waals surface area contributed by atoms with Crippen LogP contribution in [0, 0.1) is 11.3 Å². The lowest BCUT2D eigenvalue weighted by Crippen LogP contribution is -2.80. The van der Waals surface area contributed by atoms with Crippen molar-refractivity contribution in [3.8, 4) is 11.5 Å². The van der Waals surface area contributed by atoms with Gasteiger partial charge in [0, 0.05) is 47.7 Å². The van der Waals surface area contributed by atoms with Crippen LogP contribution >= 0.6 is 0 Å². The van der Waals surface area contributed by atoms with Crippen molar-refractivity contribution in [3.63, 3.8) is 0 Å². The Bertz CT molecular complexity index is 1270. The number of likely N-dealkylation sites (tertiary alicyclic amines) is 1. The summed E-state index contributed by atoms with van der Waals surface area (Å²) < 4.78 is 19.7. The van der Waals surface area contributed by atoms with Gasteiger partial charge < -0.3 is 19.5 Å². The molecule has 6 nitrogen and oxygen atoms in total. The molecule has 4 saturated carbocycles. The van der Waals surface area contributed by atoms with E-state index in [1.165, 1.54) is 42.5 Å². The molecule has 6 heteroatoms. The number of amides is 1. The van der Waals surface area contributed by atoms with E-state index in [0.29, 0.717) is 6.04 Å². The largest absolute Gasteiger partial charge is 0.493 e. The fraction of sp³-hybridized carbons (Fsp3) is 0.581. The first-order valence-corrected chi connectivity index (χ1v) is 14.1. The molecule has 0 radical (unpaired) electrons. The second-order valence-corrected chi connectivity index (χ2v) is 12.5. The molecule has 37 heavy (non-hydrogen) atoms. The topological polar surface area (TPSA) is 60.0 Å². The lowest BCUT2D eigenvalue weighted by atomic mass is 9.34. The molecule has 2 spiro atoms. The standard InChI is InChI=1S/C31H36N2O4/c1-35-24-10-7-21-15-25-29-11-12-31(36-2,23(16-29)20-5-8-22(9-6-20)32-18-34)28-30(29,26(21)27(24)37-28)13-14-33(25)17-19-3-4-19/h5-10,18-19,23,25,28H,3-4,11-17H2,1-2H3,(H,32,34)/t23-,25-,28-,29-,30+,31-/m1/s1. The van der Waals surface area contributed by atoms with Gasteiger partial charge in [0.2, 0.25) is 6.41 Å². The predicted octanol–water partition coefficient (Wildman–Crippen LogP) is 4.66. The first-order valence-electron chi connectivity index (χ1n) is 14.1. The van der Waals surface area contributed by atoms with Crippen molar-refractivity contribution in [1.82, 2.24) is 4.90 Å². The SMILES string of the molecule is COc1ccc2c3c1O[C@H]1[C@@]4(OC)CC[C@@]5(C[C@@H]4c4ccc(NC=O)cc4)[C@@H](C2)N(CC2CC2)CC[C@]315. The Hall–Kier alpha value is -2.57. The van der Waals surface area contributed by atoms with Crippen molar-refractivity contribution >= 4 is 12.1 Å². The zero-order valence-electron chi connectivity index (χ0n) is 21.8. The van der Waals surface area contributed by atoms with Crippen LogP contribution in [0.1, 0.15) is 61.1 Å². The zero-order valence-corrected chi connectivity index (χ0v) is 21.8. The quantitative estimate of drug-likeness (QED) is 0.561. The van der Waals surface area contributed by atoms with Crippen molar-refractivity contribution in [2.45, 2.75) is 74.0 Å². The fourth-order valence-corrected chi connectivity index (χ4v) is 9.81. The van der Waals surface area contributed by atoms with Crippen LogP contribution < -0.4 is 14.8 Å². The van der Waals surface area contributed by atoms with Crippen LogP contribution in [0.2, 0.25) is 0 Å². The summed E-state index contributed by atoms with van der Waals surface area (Å²) in [6.45, 7) is 2.40. The lowest BCUT2D eigenvalue weighted by Gasteiger charge is -2.74. The highest BCUT2D eigenvalue weighted by Gasteiger charge is 2.80.